The molecule has 37 heteroatoms. The standard InChI is InChI=1S/C19H22F2N2O3.C19H24F2N2O.C18H22F2N2O4S.C17H20F2N2O2.C12H18N2O3.HO4P.H2/c1-2-25-19(24)17-10-18(23(22-17)11-13-5-3-4-6-13)26-12-14-9-15(20)7-8-16(14)21;1-2-5-17-11-19(23(22-17)12-14-6-3-4-7-14)24-13-15-10-16(20)8-9-18(15)21;1-27(23,24)26-12-16-9-18(22(21-16)10-13-4-2-3-5-13)25-11-14-8-15(19)6-7-17(14)20;18-14-5-6-16(19)13(7-14)11-23-17-8-15(10-22)20-21(17)9-12-3-1-2-4-12;1-2-17-12(16)10-7-11(15)14(13-10)8-9-5-3-4-6-9;1-4-5(2)3;/h7-10,13H,2-6,11-12H2,1H3;8-11,14H,2-7,12-13H2,1H3;6-9,13H,2-5,10-12H2,1H3;5-8,12,22H,1-4,9-11H2;7,9,13H,2-6,8H2,1H3;1H;1H. The summed E-state index contributed by atoms with van der Waals surface area (Å²) in [5, 5.41) is 36.7. The molecule has 668 valence electrons. The number of halogens is 8. The molecule has 3 N–H and O–H groups in total. The summed E-state index contributed by atoms with van der Waals surface area (Å²) >= 11 is 0. The summed E-state index contributed by atoms with van der Waals surface area (Å²) in [4.78, 5) is 44.0. The van der Waals surface area contributed by atoms with Crippen molar-refractivity contribution in [2.75, 3.05) is 19.5 Å². The number of H-pyrrole nitrogens is 1. The lowest BCUT2D eigenvalue weighted by molar-refractivity contribution is -0.244. The van der Waals surface area contributed by atoms with Crippen LogP contribution in [-0.2, 0) is 112 Å². The second-order valence-electron chi connectivity index (χ2n) is 30.6. The summed E-state index contributed by atoms with van der Waals surface area (Å²) in [5.41, 5.74) is 2.73. The number of hydrogen-bond donors (Lipinski definition) is 3. The molecule has 9 aromatic rings. The van der Waals surface area contributed by atoms with Crippen LogP contribution < -0.4 is 29.4 Å². The van der Waals surface area contributed by atoms with E-state index < -0.39 is 76.8 Å². The van der Waals surface area contributed by atoms with Crippen molar-refractivity contribution in [3.63, 3.8) is 0 Å². The van der Waals surface area contributed by atoms with E-state index in [1.54, 1.807) is 40.0 Å². The van der Waals surface area contributed by atoms with E-state index in [1.165, 1.54) is 113 Å². The predicted octanol–water partition coefficient (Wildman–Crippen LogP) is 17.1. The number of aromatic amines is 1. The van der Waals surface area contributed by atoms with Crippen molar-refractivity contribution in [1.29, 1.82) is 0 Å². The molecule has 5 fully saturated rings. The normalized spacial score (nSPS) is 15.1. The molecule has 14 rings (SSSR count). The molecule has 5 aromatic heterocycles. The number of aliphatic hydroxyl groups is 1. The first-order chi connectivity index (χ1) is 58.6. The van der Waals surface area contributed by atoms with E-state index in [-0.39, 0.29) is 86.9 Å². The number of aromatic nitrogens is 10. The monoisotopic (exact) mass is 1760 g/mol. The smallest absolute Gasteiger partial charge is 0.521 e. The summed E-state index contributed by atoms with van der Waals surface area (Å²) in [5.74, 6) is -0.562. The highest BCUT2D eigenvalue weighted by atomic mass is 32.2. The summed E-state index contributed by atoms with van der Waals surface area (Å²) in [6, 6.07) is 21.1. The van der Waals surface area contributed by atoms with Crippen LogP contribution in [0.1, 0.15) is 217 Å². The van der Waals surface area contributed by atoms with Gasteiger partial charge in [-0.3, -0.25) is 18.8 Å². The zero-order valence-corrected chi connectivity index (χ0v) is 70.6. The van der Waals surface area contributed by atoms with Gasteiger partial charge in [-0.2, -0.15) is 28.8 Å². The average Bonchev–Trinajstić information content (AvgIpc) is 1.45. The number of esters is 2. The zero-order valence-electron chi connectivity index (χ0n) is 68.9. The van der Waals surface area contributed by atoms with E-state index in [1.807, 2.05) is 10.7 Å². The van der Waals surface area contributed by atoms with Gasteiger partial charge < -0.3 is 38.4 Å². The Kier molecular flexibility index (Phi) is 38.4. The van der Waals surface area contributed by atoms with Crippen molar-refractivity contribution in [2.45, 2.75) is 234 Å². The van der Waals surface area contributed by atoms with Crippen molar-refractivity contribution < 1.29 is 112 Å². The van der Waals surface area contributed by atoms with Crippen LogP contribution in [0.4, 0.5) is 35.1 Å². The predicted molar refractivity (Wildman–Crippen MR) is 431 cm³/mol. The molecular formula is C85H109F8N10O17PS. The van der Waals surface area contributed by atoms with Crippen LogP contribution in [-0.4, -0.2) is 99.1 Å². The third kappa shape index (κ3) is 31.5. The molecule has 27 nitrogen and oxygen atoms in total. The van der Waals surface area contributed by atoms with Crippen LogP contribution in [0.3, 0.4) is 0 Å². The molecule has 5 aliphatic carbocycles. The second kappa shape index (κ2) is 48.9. The lowest BCUT2D eigenvalue weighted by atomic mass is 10.1. The van der Waals surface area contributed by atoms with Gasteiger partial charge in [-0.1, -0.05) is 77.6 Å². The molecule has 5 heterocycles. The maximum atomic E-state index is 13.8. The maximum Gasteiger partial charge on any atom is 0.521 e. The fraction of sp³-hybridized carbons (Fsp3) is 0.518. The Labute approximate surface area is 705 Å². The van der Waals surface area contributed by atoms with E-state index >= 15 is 0 Å². The zero-order chi connectivity index (χ0) is 87.7. The molecule has 4 aromatic carbocycles. The molecular weight excluding hydrogens is 1650 g/mol. The maximum absolute atomic E-state index is 13.8. The Morgan fingerprint density at radius 1 is 0.475 bits per heavy atom. The molecule has 0 amide bonds. The largest absolute Gasteiger partial charge is 0.565 e. The highest BCUT2D eigenvalue weighted by Gasteiger charge is 2.27. The first-order valence-corrected chi connectivity index (χ1v) is 44.2. The number of nitrogens with one attached hydrogen (secondary N) is 1. The average molecular weight is 1760 g/mol. The molecule has 1 atom stereocenters. The molecule has 5 aliphatic rings. The number of aryl methyl sites for hydroxylation is 1. The molecule has 0 bridgehead atoms. The van der Waals surface area contributed by atoms with Gasteiger partial charge >= 0.3 is 20.2 Å². The minimum absolute atomic E-state index is 0. The fourth-order valence-electron chi connectivity index (χ4n) is 15.0. The number of hydrogen-bond acceptors (Lipinski definition) is 21. The van der Waals surface area contributed by atoms with Crippen LogP contribution in [0.15, 0.2) is 108 Å². The van der Waals surface area contributed by atoms with Crippen LogP contribution >= 0.6 is 8.25 Å². The van der Waals surface area contributed by atoms with Gasteiger partial charge in [-0.25, -0.2) is 68.7 Å². The van der Waals surface area contributed by atoms with Crippen molar-refractivity contribution >= 4 is 30.3 Å². The Morgan fingerprint density at radius 2 is 0.795 bits per heavy atom. The van der Waals surface area contributed by atoms with Crippen molar-refractivity contribution in [1.82, 2.24) is 48.9 Å². The first kappa shape index (κ1) is 96.0. The number of carbonyl (C=O) groups excluding carboxylic acids is 2. The summed E-state index contributed by atoms with van der Waals surface area (Å²) < 4.78 is 188. The third-order valence-corrected chi connectivity index (χ3v) is 21.8. The third-order valence-electron chi connectivity index (χ3n) is 21.1. The lowest BCUT2D eigenvalue weighted by Crippen LogP contribution is -2.20. The molecule has 5 saturated carbocycles. The Hall–Kier alpha value is -9.84. The van der Waals surface area contributed by atoms with Crippen molar-refractivity contribution in [2.24, 2.45) is 29.6 Å². The number of benzene rings is 4. The van der Waals surface area contributed by atoms with Crippen molar-refractivity contribution in [3.8, 4) is 23.5 Å². The van der Waals surface area contributed by atoms with Crippen LogP contribution in [0, 0.1) is 76.1 Å². The highest BCUT2D eigenvalue weighted by molar-refractivity contribution is 7.85. The lowest BCUT2D eigenvalue weighted by Gasteiger charge is -2.13. The molecule has 122 heavy (non-hydrogen) atoms. The number of nitrogens with zero attached hydrogens (tertiary/aromatic N) is 9. The second-order valence-corrected chi connectivity index (χ2v) is 32.9. The molecule has 0 radical (unpaired) electrons. The minimum atomic E-state index is -3.60. The number of ether oxygens (including phenoxy) is 6. The Balaban J connectivity index is 0.000000189. The van der Waals surface area contributed by atoms with Gasteiger partial charge in [0.25, 0.3) is 15.7 Å². The summed E-state index contributed by atoms with van der Waals surface area (Å²) in [6.45, 7) is 8.86. The van der Waals surface area contributed by atoms with Crippen LogP contribution in [0.2, 0.25) is 0 Å². The number of carbonyl (C=O) groups is 2. The SMILES string of the molecule is CCCc1cc(OCc2cc(F)ccc2F)n(CC2CCCC2)n1.CCOC(=O)c1cc(=O)n(CC2CCCC2)[nH]1.CCOC(=O)c1cc(OCc2cc(F)ccc2F)n(CC2CCCC2)n1.CS(=O)(=O)OCc1cc(OCc2cc(F)ccc2F)n(CC2CCCC2)n1.O=[P+]([O-])OO.OCc1cc(OCc2cc(F)ccc2F)n(CC2CCCC2)n1.[HH]. The molecule has 0 saturated heterocycles. The van der Waals surface area contributed by atoms with E-state index in [0.717, 1.165) is 143 Å². The molecule has 0 spiro atoms. The minimum Gasteiger partial charge on any atom is -0.565 e. The number of rotatable bonds is 33. The van der Waals surface area contributed by atoms with E-state index in [0.29, 0.717) is 90.7 Å². The fourth-order valence-corrected chi connectivity index (χ4v) is 15.4. The van der Waals surface area contributed by atoms with Gasteiger partial charge in [-0.15, -0.1) is 0 Å². The van der Waals surface area contributed by atoms with Crippen LogP contribution in [0.5, 0.6) is 23.5 Å². The van der Waals surface area contributed by atoms with Gasteiger partial charge in [-0.05, 0) is 191 Å². The van der Waals surface area contributed by atoms with Crippen LogP contribution in [0.25, 0.3) is 0 Å². The van der Waals surface area contributed by atoms with Gasteiger partial charge in [0.1, 0.15) is 85.3 Å². The highest BCUT2D eigenvalue weighted by Crippen LogP contribution is 2.34. The Morgan fingerprint density at radius 3 is 1.14 bits per heavy atom. The number of aliphatic hydroxyl groups excluding tert-OH is 1. The topological polar surface area (TPSA) is 332 Å². The van der Waals surface area contributed by atoms with Gasteiger partial charge in [0, 0.05) is 91.4 Å². The first-order valence-electron chi connectivity index (χ1n) is 41.3. The van der Waals surface area contributed by atoms with E-state index in [2.05, 4.69) is 37.1 Å². The summed E-state index contributed by atoms with van der Waals surface area (Å²) in [6.07, 6.45) is 26.5. The summed E-state index contributed by atoms with van der Waals surface area (Å²) in [7, 11) is -6.64. The molecule has 1 unspecified atom stereocenters. The van der Waals surface area contributed by atoms with Crippen molar-refractivity contribution in [3.05, 3.63) is 211 Å². The molecule has 0 aliphatic heterocycles. The van der Waals surface area contributed by atoms with Gasteiger partial charge in [0.2, 0.25) is 23.5 Å². The van der Waals surface area contributed by atoms with E-state index in [9.17, 15) is 63.0 Å². The Bertz CT molecular complexity index is 4980. The quantitative estimate of drug-likeness (QED) is 0.00859. The van der Waals surface area contributed by atoms with Gasteiger partial charge in [0.05, 0.1) is 43.2 Å². The van der Waals surface area contributed by atoms with Gasteiger partial charge in [0.15, 0.2) is 5.69 Å². The van der Waals surface area contributed by atoms with E-state index in [4.69, 9.17) is 47.3 Å².